The van der Waals surface area contributed by atoms with E-state index in [-0.39, 0.29) is 17.4 Å². The van der Waals surface area contributed by atoms with Gasteiger partial charge in [-0.25, -0.2) is 8.42 Å². The van der Waals surface area contributed by atoms with Crippen molar-refractivity contribution in [1.29, 1.82) is 0 Å². The number of rotatable bonds is 6. The van der Waals surface area contributed by atoms with E-state index in [0.29, 0.717) is 4.47 Å². The Bertz CT molecular complexity index is 625. The van der Waals surface area contributed by atoms with Gasteiger partial charge in [0.25, 0.3) is 0 Å². The highest BCUT2D eigenvalue weighted by Gasteiger charge is 2.33. The summed E-state index contributed by atoms with van der Waals surface area (Å²) in [6.45, 7) is 1.63. The van der Waals surface area contributed by atoms with Crippen molar-refractivity contribution in [2.45, 2.75) is 24.7 Å². The fourth-order valence-corrected chi connectivity index (χ4v) is 4.56. The highest BCUT2D eigenvalue weighted by atomic mass is 79.9. The molecule has 2 rings (SSSR count). The maximum absolute atomic E-state index is 12.6. The number of sulfonamides is 1. The van der Waals surface area contributed by atoms with Crippen LogP contribution in [0.2, 0.25) is 0 Å². The summed E-state index contributed by atoms with van der Waals surface area (Å²) in [6, 6.07) is 4.92. The molecule has 5 nitrogen and oxygen atoms in total. The number of nitrogens with zero attached hydrogens (tertiary/aromatic N) is 1. The van der Waals surface area contributed by atoms with E-state index in [4.69, 9.17) is 5.11 Å². The number of carboxylic acid groups (broad SMARTS) is 1. The van der Waals surface area contributed by atoms with Crippen LogP contribution in [-0.4, -0.2) is 36.9 Å². The predicted octanol–water partition coefficient (Wildman–Crippen LogP) is 2.24. The summed E-state index contributed by atoms with van der Waals surface area (Å²) in [5, 5.41) is 8.92. The van der Waals surface area contributed by atoms with Crippen molar-refractivity contribution in [2.24, 2.45) is 5.92 Å². The fraction of sp³-hybridized carbons (Fsp3) is 0.462. The van der Waals surface area contributed by atoms with Gasteiger partial charge in [0.1, 0.15) is 6.54 Å². The van der Waals surface area contributed by atoms with E-state index in [1.807, 2.05) is 6.92 Å². The standard InChI is InChI=1S/C13H16BrNO4S/c1-9-2-5-12(11(14)6-9)20(18,19)15(8-13(16)17)7-10-3-4-10/h2,5-6,10H,3-4,7-8H2,1H3,(H,16,17). The van der Waals surface area contributed by atoms with Crippen molar-refractivity contribution in [3.05, 3.63) is 28.2 Å². The average molecular weight is 362 g/mol. The minimum absolute atomic E-state index is 0.116. The highest BCUT2D eigenvalue weighted by molar-refractivity contribution is 9.10. The molecular formula is C13H16BrNO4S. The summed E-state index contributed by atoms with van der Waals surface area (Å²) in [6.07, 6.45) is 1.92. The Balaban J connectivity index is 2.35. The monoisotopic (exact) mass is 361 g/mol. The second-order valence-corrected chi connectivity index (χ2v) is 7.83. The molecular weight excluding hydrogens is 346 g/mol. The maximum Gasteiger partial charge on any atom is 0.318 e. The maximum atomic E-state index is 12.6. The molecule has 1 aromatic rings. The lowest BCUT2D eigenvalue weighted by Crippen LogP contribution is -2.37. The lowest BCUT2D eigenvalue weighted by Gasteiger charge is -2.21. The van der Waals surface area contributed by atoms with Gasteiger partial charge in [0.15, 0.2) is 0 Å². The first-order valence-electron chi connectivity index (χ1n) is 6.29. The van der Waals surface area contributed by atoms with Crippen molar-refractivity contribution in [3.63, 3.8) is 0 Å². The zero-order valence-electron chi connectivity index (χ0n) is 11.0. The average Bonchev–Trinajstić information content (AvgIpc) is 3.10. The summed E-state index contributed by atoms with van der Waals surface area (Å²) < 4.78 is 26.7. The van der Waals surface area contributed by atoms with Crippen molar-refractivity contribution in [2.75, 3.05) is 13.1 Å². The Morgan fingerprint density at radius 1 is 1.45 bits per heavy atom. The van der Waals surface area contributed by atoms with Crippen LogP contribution >= 0.6 is 15.9 Å². The van der Waals surface area contributed by atoms with E-state index in [1.165, 1.54) is 6.07 Å². The number of hydrogen-bond acceptors (Lipinski definition) is 3. The second kappa shape index (κ2) is 5.83. The minimum atomic E-state index is -3.79. The molecule has 1 N–H and O–H groups in total. The molecule has 0 heterocycles. The van der Waals surface area contributed by atoms with Crippen LogP contribution in [0.3, 0.4) is 0 Å². The quantitative estimate of drug-likeness (QED) is 0.842. The van der Waals surface area contributed by atoms with Gasteiger partial charge < -0.3 is 5.11 Å². The second-order valence-electron chi connectivity index (χ2n) is 5.07. The van der Waals surface area contributed by atoms with Crippen molar-refractivity contribution in [1.82, 2.24) is 4.31 Å². The Morgan fingerprint density at radius 3 is 2.60 bits per heavy atom. The predicted molar refractivity (Wildman–Crippen MR) is 78.0 cm³/mol. The number of aliphatic carboxylic acids is 1. The van der Waals surface area contributed by atoms with Crippen LogP contribution in [0.1, 0.15) is 18.4 Å². The van der Waals surface area contributed by atoms with E-state index in [1.54, 1.807) is 12.1 Å². The minimum Gasteiger partial charge on any atom is -0.480 e. The lowest BCUT2D eigenvalue weighted by molar-refractivity contribution is -0.137. The van der Waals surface area contributed by atoms with Gasteiger partial charge in [0.2, 0.25) is 10.0 Å². The molecule has 1 aromatic carbocycles. The summed E-state index contributed by atoms with van der Waals surface area (Å²) in [7, 11) is -3.79. The Hall–Kier alpha value is -0.920. The van der Waals surface area contributed by atoms with Gasteiger partial charge in [-0.2, -0.15) is 4.31 Å². The van der Waals surface area contributed by atoms with Gasteiger partial charge >= 0.3 is 5.97 Å². The summed E-state index contributed by atoms with van der Waals surface area (Å²) in [4.78, 5) is 11.0. The Morgan fingerprint density at radius 2 is 2.10 bits per heavy atom. The van der Waals surface area contributed by atoms with Crippen LogP contribution in [-0.2, 0) is 14.8 Å². The van der Waals surface area contributed by atoms with Crippen LogP contribution < -0.4 is 0 Å². The number of aryl methyl sites for hydroxylation is 1. The summed E-state index contributed by atoms with van der Waals surface area (Å²) in [5.74, 6) is -0.856. The van der Waals surface area contributed by atoms with E-state index in [0.717, 1.165) is 22.7 Å². The third-order valence-electron chi connectivity index (χ3n) is 3.18. The molecule has 1 aliphatic rings. The van der Waals surface area contributed by atoms with E-state index >= 15 is 0 Å². The smallest absolute Gasteiger partial charge is 0.318 e. The largest absolute Gasteiger partial charge is 0.480 e. The van der Waals surface area contributed by atoms with Crippen molar-refractivity contribution in [3.8, 4) is 0 Å². The summed E-state index contributed by atoms with van der Waals surface area (Å²) >= 11 is 3.25. The highest BCUT2D eigenvalue weighted by Crippen LogP contribution is 2.33. The van der Waals surface area contributed by atoms with E-state index < -0.39 is 22.5 Å². The molecule has 7 heteroatoms. The molecule has 0 atom stereocenters. The zero-order chi connectivity index (χ0) is 14.9. The molecule has 1 aliphatic carbocycles. The number of halogens is 1. The first-order chi connectivity index (χ1) is 9.30. The van der Waals surface area contributed by atoms with Crippen molar-refractivity contribution < 1.29 is 18.3 Å². The third-order valence-corrected chi connectivity index (χ3v) is 5.96. The van der Waals surface area contributed by atoms with Crippen LogP contribution in [0.4, 0.5) is 0 Å². The number of hydrogen-bond donors (Lipinski definition) is 1. The molecule has 1 saturated carbocycles. The first kappa shape index (κ1) is 15.5. The zero-order valence-corrected chi connectivity index (χ0v) is 13.4. The molecule has 1 fully saturated rings. The molecule has 0 radical (unpaired) electrons. The number of carboxylic acids is 1. The van der Waals surface area contributed by atoms with E-state index in [2.05, 4.69) is 15.9 Å². The SMILES string of the molecule is Cc1ccc(S(=O)(=O)N(CC(=O)O)CC2CC2)c(Br)c1. The lowest BCUT2D eigenvalue weighted by atomic mass is 10.2. The Kier molecular flexibility index (Phi) is 4.51. The molecule has 20 heavy (non-hydrogen) atoms. The van der Waals surface area contributed by atoms with Gasteiger partial charge in [-0.1, -0.05) is 6.07 Å². The molecule has 0 amide bonds. The molecule has 0 saturated heterocycles. The first-order valence-corrected chi connectivity index (χ1v) is 8.52. The number of carbonyl (C=O) groups is 1. The van der Waals surface area contributed by atoms with Gasteiger partial charge in [0, 0.05) is 11.0 Å². The van der Waals surface area contributed by atoms with Gasteiger partial charge in [0.05, 0.1) is 4.90 Å². The molecule has 0 spiro atoms. The number of benzene rings is 1. The van der Waals surface area contributed by atoms with Crippen LogP contribution in [0.5, 0.6) is 0 Å². The molecule has 0 bridgehead atoms. The molecule has 0 aliphatic heterocycles. The molecule has 0 aromatic heterocycles. The van der Waals surface area contributed by atoms with E-state index in [9.17, 15) is 13.2 Å². The van der Waals surface area contributed by atoms with Gasteiger partial charge in [-0.15, -0.1) is 0 Å². The van der Waals surface area contributed by atoms with Crippen LogP contribution in [0.25, 0.3) is 0 Å². The fourth-order valence-electron chi connectivity index (χ4n) is 1.94. The van der Waals surface area contributed by atoms with Crippen LogP contribution in [0, 0.1) is 12.8 Å². The summed E-state index contributed by atoms with van der Waals surface area (Å²) in [5.41, 5.74) is 0.933. The van der Waals surface area contributed by atoms with Gasteiger partial charge in [-0.05, 0) is 59.3 Å². The normalized spacial score (nSPS) is 15.6. The van der Waals surface area contributed by atoms with Crippen LogP contribution in [0.15, 0.2) is 27.6 Å². The topological polar surface area (TPSA) is 74.7 Å². The van der Waals surface area contributed by atoms with Gasteiger partial charge in [-0.3, -0.25) is 4.79 Å². The Labute approximate surface area is 126 Å². The molecule has 110 valence electrons. The van der Waals surface area contributed by atoms with Crippen molar-refractivity contribution >= 4 is 31.9 Å². The third kappa shape index (κ3) is 3.59. The molecule has 0 unspecified atom stereocenters.